The number of benzene rings is 1. The van der Waals surface area contributed by atoms with Gasteiger partial charge in [-0.3, -0.25) is 19.6 Å². The number of aromatic nitrogens is 2. The van der Waals surface area contributed by atoms with Crippen molar-refractivity contribution in [2.45, 2.75) is 51.6 Å². The molecule has 2 aromatic heterocycles. The van der Waals surface area contributed by atoms with E-state index in [1.807, 2.05) is 36.5 Å². The average Bonchev–Trinajstić information content (AvgIpc) is 3.02. The highest BCUT2D eigenvalue weighted by Gasteiger charge is 2.23. The number of piperidine rings is 1. The standard InChI is InChI=1S/C32H40N6O3/c1-2-29-7-3-4-16-38(29)24-26-8-10-27(11-9-26)31(39)35-28-12-13-30(34-23-28)41-32(40)37-20-18-36(19-21-37)17-14-25-6-5-15-33-22-25/h5-6,8-13,15,22-23,29H,2-4,7,14,16-21,24H2,1H3,(H,35,39). The van der Waals surface area contributed by atoms with Gasteiger partial charge in [-0.25, -0.2) is 9.78 Å². The first-order chi connectivity index (χ1) is 20.1. The van der Waals surface area contributed by atoms with Gasteiger partial charge in [0, 0.05) is 69.3 Å². The lowest BCUT2D eigenvalue weighted by molar-refractivity contribution is 0.102. The summed E-state index contributed by atoms with van der Waals surface area (Å²) in [5, 5.41) is 2.88. The van der Waals surface area contributed by atoms with Crippen LogP contribution in [0.5, 0.6) is 5.88 Å². The van der Waals surface area contributed by atoms with Crippen molar-refractivity contribution in [3.05, 3.63) is 83.8 Å². The summed E-state index contributed by atoms with van der Waals surface area (Å²) in [5.74, 6) is 0.00774. The van der Waals surface area contributed by atoms with E-state index in [9.17, 15) is 9.59 Å². The first-order valence-electron chi connectivity index (χ1n) is 14.8. The topological polar surface area (TPSA) is 90.9 Å². The molecule has 9 nitrogen and oxygen atoms in total. The van der Waals surface area contributed by atoms with Gasteiger partial charge in [0.1, 0.15) is 0 Å². The van der Waals surface area contributed by atoms with Crippen molar-refractivity contribution >= 4 is 17.7 Å². The summed E-state index contributed by atoms with van der Waals surface area (Å²) in [6, 6.07) is 15.8. The van der Waals surface area contributed by atoms with Gasteiger partial charge in [-0.1, -0.05) is 31.5 Å². The number of hydrogen-bond donors (Lipinski definition) is 1. The highest BCUT2D eigenvalue weighted by Crippen LogP contribution is 2.22. The van der Waals surface area contributed by atoms with Crippen LogP contribution in [0.1, 0.15) is 54.1 Å². The Bertz CT molecular complexity index is 1260. The van der Waals surface area contributed by atoms with Crippen LogP contribution in [0.2, 0.25) is 0 Å². The van der Waals surface area contributed by atoms with Gasteiger partial charge in [0.2, 0.25) is 5.88 Å². The summed E-state index contributed by atoms with van der Waals surface area (Å²) >= 11 is 0. The van der Waals surface area contributed by atoms with E-state index in [1.165, 1.54) is 43.0 Å². The van der Waals surface area contributed by atoms with Gasteiger partial charge in [-0.15, -0.1) is 0 Å². The first kappa shape index (κ1) is 28.7. The van der Waals surface area contributed by atoms with Crippen molar-refractivity contribution in [1.82, 2.24) is 24.7 Å². The zero-order chi connectivity index (χ0) is 28.4. The van der Waals surface area contributed by atoms with Crippen molar-refractivity contribution in [2.24, 2.45) is 0 Å². The van der Waals surface area contributed by atoms with Crippen molar-refractivity contribution in [3.63, 3.8) is 0 Å². The monoisotopic (exact) mass is 556 g/mol. The Balaban J connectivity index is 1.05. The molecule has 1 aromatic carbocycles. The lowest BCUT2D eigenvalue weighted by Gasteiger charge is -2.35. The molecule has 2 aliphatic rings. The Labute approximate surface area is 242 Å². The normalized spacial score (nSPS) is 18.2. The predicted octanol–water partition coefficient (Wildman–Crippen LogP) is 4.85. The third-order valence-electron chi connectivity index (χ3n) is 8.08. The van der Waals surface area contributed by atoms with Crippen LogP contribution in [0, 0.1) is 0 Å². The minimum absolute atomic E-state index is 0.200. The van der Waals surface area contributed by atoms with Gasteiger partial charge < -0.3 is 15.0 Å². The Kier molecular flexibility index (Phi) is 9.93. The Morgan fingerprint density at radius 2 is 1.78 bits per heavy atom. The fourth-order valence-corrected chi connectivity index (χ4v) is 5.59. The van der Waals surface area contributed by atoms with Crippen molar-refractivity contribution in [2.75, 3.05) is 44.6 Å². The maximum absolute atomic E-state index is 12.8. The number of ether oxygens (including phenoxy) is 1. The third kappa shape index (κ3) is 8.11. The minimum Gasteiger partial charge on any atom is -0.391 e. The zero-order valence-electron chi connectivity index (χ0n) is 23.9. The number of likely N-dealkylation sites (tertiary alicyclic amines) is 1. The van der Waals surface area contributed by atoms with E-state index in [4.69, 9.17) is 4.74 Å². The molecular formula is C32H40N6O3. The summed E-state index contributed by atoms with van der Waals surface area (Å²) < 4.78 is 5.49. The average molecular weight is 557 g/mol. The molecule has 0 bridgehead atoms. The molecule has 41 heavy (non-hydrogen) atoms. The molecule has 0 radical (unpaired) electrons. The molecular weight excluding hydrogens is 516 g/mol. The number of hydrogen-bond acceptors (Lipinski definition) is 7. The van der Waals surface area contributed by atoms with Crippen LogP contribution in [0.3, 0.4) is 0 Å². The van der Waals surface area contributed by atoms with E-state index < -0.39 is 6.09 Å². The molecule has 2 saturated heterocycles. The molecule has 3 aromatic rings. The Morgan fingerprint density at radius 1 is 0.951 bits per heavy atom. The predicted molar refractivity (Wildman–Crippen MR) is 159 cm³/mol. The number of carbonyl (C=O) groups excluding carboxylic acids is 2. The van der Waals surface area contributed by atoms with E-state index in [0.717, 1.165) is 39.1 Å². The largest absolute Gasteiger partial charge is 0.416 e. The maximum atomic E-state index is 12.8. The maximum Gasteiger partial charge on any atom is 0.416 e. The summed E-state index contributed by atoms with van der Waals surface area (Å²) in [4.78, 5) is 40.4. The highest BCUT2D eigenvalue weighted by molar-refractivity contribution is 6.04. The second-order valence-corrected chi connectivity index (χ2v) is 10.9. The van der Waals surface area contributed by atoms with Crippen LogP contribution >= 0.6 is 0 Å². The molecule has 0 spiro atoms. The SMILES string of the molecule is CCC1CCCCN1Cc1ccc(C(=O)Nc2ccc(OC(=O)N3CCN(CCc4cccnc4)CC3)nc2)cc1. The van der Waals surface area contributed by atoms with Gasteiger partial charge >= 0.3 is 6.09 Å². The molecule has 2 aliphatic heterocycles. The van der Waals surface area contributed by atoms with Crippen LogP contribution in [0.25, 0.3) is 0 Å². The molecule has 0 aliphatic carbocycles. The summed E-state index contributed by atoms with van der Waals surface area (Å²) in [5.41, 5.74) is 3.57. The molecule has 2 amide bonds. The number of piperazine rings is 1. The molecule has 1 atom stereocenters. The van der Waals surface area contributed by atoms with Gasteiger partial charge in [-0.05, 0) is 67.6 Å². The van der Waals surface area contributed by atoms with E-state index in [0.29, 0.717) is 30.4 Å². The lowest BCUT2D eigenvalue weighted by Crippen LogP contribution is -2.50. The third-order valence-corrected chi connectivity index (χ3v) is 8.08. The van der Waals surface area contributed by atoms with E-state index in [1.54, 1.807) is 23.2 Å². The van der Waals surface area contributed by atoms with Crippen LogP contribution in [0.15, 0.2) is 67.1 Å². The van der Waals surface area contributed by atoms with Crippen LogP contribution in [0.4, 0.5) is 10.5 Å². The van der Waals surface area contributed by atoms with E-state index in [-0.39, 0.29) is 11.8 Å². The van der Waals surface area contributed by atoms with Crippen LogP contribution in [-0.4, -0.2) is 82.0 Å². The van der Waals surface area contributed by atoms with Gasteiger partial charge in [-0.2, -0.15) is 0 Å². The zero-order valence-corrected chi connectivity index (χ0v) is 23.9. The van der Waals surface area contributed by atoms with Crippen molar-refractivity contribution in [3.8, 4) is 5.88 Å². The number of pyridine rings is 2. The summed E-state index contributed by atoms with van der Waals surface area (Å²) in [6.45, 7) is 8.07. The van der Waals surface area contributed by atoms with Crippen LogP contribution in [-0.2, 0) is 13.0 Å². The van der Waals surface area contributed by atoms with Crippen molar-refractivity contribution < 1.29 is 14.3 Å². The molecule has 2 fully saturated rings. The molecule has 9 heteroatoms. The molecule has 1 unspecified atom stereocenters. The molecule has 5 rings (SSSR count). The quantitative estimate of drug-likeness (QED) is 0.403. The molecule has 0 saturated carbocycles. The second kappa shape index (κ2) is 14.2. The number of amides is 2. The Morgan fingerprint density at radius 3 is 2.49 bits per heavy atom. The molecule has 216 valence electrons. The van der Waals surface area contributed by atoms with E-state index in [2.05, 4.69) is 38.1 Å². The van der Waals surface area contributed by atoms with Crippen LogP contribution < -0.4 is 10.1 Å². The fraction of sp³-hybridized carbons (Fsp3) is 0.438. The summed E-state index contributed by atoms with van der Waals surface area (Å²) in [7, 11) is 0. The Hall–Kier alpha value is -3.82. The number of rotatable bonds is 9. The fourth-order valence-electron chi connectivity index (χ4n) is 5.59. The first-order valence-corrected chi connectivity index (χ1v) is 14.8. The molecule has 1 N–H and O–H groups in total. The number of carbonyl (C=O) groups is 2. The van der Waals surface area contributed by atoms with E-state index >= 15 is 0 Å². The summed E-state index contributed by atoms with van der Waals surface area (Å²) in [6.07, 6.45) is 10.7. The minimum atomic E-state index is -0.406. The van der Waals surface area contributed by atoms with Crippen molar-refractivity contribution in [1.29, 1.82) is 0 Å². The van der Waals surface area contributed by atoms with Gasteiger partial charge in [0.15, 0.2) is 0 Å². The highest BCUT2D eigenvalue weighted by atomic mass is 16.6. The van der Waals surface area contributed by atoms with Gasteiger partial charge in [0.25, 0.3) is 5.91 Å². The molecule has 4 heterocycles. The number of anilines is 1. The second-order valence-electron chi connectivity index (χ2n) is 10.9. The number of nitrogens with one attached hydrogen (secondary N) is 1. The number of nitrogens with zero attached hydrogens (tertiary/aromatic N) is 5. The van der Waals surface area contributed by atoms with Gasteiger partial charge in [0.05, 0.1) is 11.9 Å². The lowest BCUT2D eigenvalue weighted by atomic mass is 9.99. The smallest absolute Gasteiger partial charge is 0.391 e.